The lowest BCUT2D eigenvalue weighted by Crippen LogP contribution is -2.33. The van der Waals surface area contributed by atoms with E-state index in [4.69, 9.17) is 24.7 Å². The predicted octanol–water partition coefficient (Wildman–Crippen LogP) is 2.53. The molecule has 0 heterocycles. The highest BCUT2D eigenvalue weighted by atomic mass is 16.5. The topological polar surface area (TPSA) is 112 Å². The fourth-order valence-electron chi connectivity index (χ4n) is 3.54. The average Bonchev–Trinajstić information content (AvgIpc) is 3.35. The molecule has 3 rings (SSSR count). The van der Waals surface area contributed by atoms with Crippen LogP contribution in [0.4, 0.5) is 0 Å². The zero-order chi connectivity index (χ0) is 23.3. The molecule has 1 fully saturated rings. The molecule has 2 aromatic rings. The molecule has 0 saturated heterocycles. The van der Waals surface area contributed by atoms with Crippen molar-refractivity contribution in [1.82, 2.24) is 5.32 Å². The van der Waals surface area contributed by atoms with Crippen LogP contribution < -0.4 is 25.3 Å². The summed E-state index contributed by atoms with van der Waals surface area (Å²) in [5.74, 6) is 1.62. The fourth-order valence-corrected chi connectivity index (χ4v) is 3.54. The summed E-state index contributed by atoms with van der Waals surface area (Å²) in [5.41, 5.74) is 5.65. The first-order chi connectivity index (χ1) is 16.1. The number of primary amides is 1. The Kier molecular flexibility index (Phi) is 10.3. The molecular formula is C25H34N2O6. The summed E-state index contributed by atoms with van der Waals surface area (Å²) in [6, 6.07) is 14.0. The third-order valence-electron chi connectivity index (χ3n) is 5.34. The average molecular weight is 459 g/mol. The van der Waals surface area contributed by atoms with E-state index >= 15 is 0 Å². The van der Waals surface area contributed by atoms with Crippen molar-refractivity contribution in [2.75, 3.05) is 39.5 Å². The number of carbonyl (C=O) groups is 1. The Hall–Kier alpha value is -2.81. The number of ether oxygens (including phenoxy) is 4. The van der Waals surface area contributed by atoms with Gasteiger partial charge in [-0.15, -0.1) is 0 Å². The van der Waals surface area contributed by atoms with Crippen molar-refractivity contribution >= 4 is 5.91 Å². The predicted molar refractivity (Wildman–Crippen MR) is 125 cm³/mol. The van der Waals surface area contributed by atoms with Gasteiger partial charge in [-0.25, -0.2) is 0 Å². The molecular weight excluding hydrogens is 424 g/mol. The number of carbonyl (C=O) groups excluding carboxylic acids is 1. The minimum Gasteiger partial charge on any atom is -0.492 e. The lowest BCUT2D eigenvalue weighted by molar-refractivity contribution is 0.0382. The lowest BCUT2D eigenvalue weighted by Gasteiger charge is -2.14. The zero-order valence-corrected chi connectivity index (χ0v) is 18.9. The van der Waals surface area contributed by atoms with Crippen LogP contribution in [0.5, 0.6) is 17.2 Å². The molecule has 0 aliphatic heterocycles. The maximum Gasteiger partial charge on any atom is 0.248 e. The van der Waals surface area contributed by atoms with Gasteiger partial charge in [0.05, 0.1) is 12.7 Å². The Morgan fingerprint density at radius 3 is 2.12 bits per heavy atom. The summed E-state index contributed by atoms with van der Waals surface area (Å²) in [4.78, 5) is 11.0. The molecule has 1 amide bonds. The van der Waals surface area contributed by atoms with Gasteiger partial charge in [0.1, 0.15) is 43.2 Å². The molecule has 0 spiro atoms. The van der Waals surface area contributed by atoms with Crippen LogP contribution in [0.2, 0.25) is 0 Å². The Bertz CT molecular complexity index is 822. The van der Waals surface area contributed by atoms with Crippen LogP contribution in [0.1, 0.15) is 36.0 Å². The van der Waals surface area contributed by atoms with Gasteiger partial charge in [0.2, 0.25) is 5.91 Å². The Balaban J connectivity index is 1.22. The first-order valence-electron chi connectivity index (χ1n) is 11.5. The molecule has 1 aliphatic carbocycles. The highest BCUT2D eigenvalue weighted by Gasteiger charge is 2.14. The highest BCUT2D eigenvalue weighted by Crippen LogP contribution is 2.21. The van der Waals surface area contributed by atoms with E-state index < -0.39 is 12.0 Å². The van der Waals surface area contributed by atoms with E-state index in [0.717, 1.165) is 18.6 Å². The van der Waals surface area contributed by atoms with Gasteiger partial charge >= 0.3 is 0 Å². The molecule has 8 nitrogen and oxygen atoms in total. The summed E-state index contributed by atoms with van der Waals surface area (Å²) in [6.45, 7) is 2.68. The molecule has 33 heavy (non-hydrogen) atoms. The number of nitrogens with one attached hydrogen (secondary N) is 1. The monoisotopic (exact) mass is 458 g/mol. The first-order valence-corrected chi connectivity index (χ1v) is 11.5. The number of benzene rings is 2. The second kappa shape index (κ2) is 13.7. The highest BCUT2D eigenvalue weighted by molar-refractivity contribution is 5.92. The molecule has 1 aliphatic rings. The minimum absolute atomic E-state index is 0.178. The molecule has 1 saturated carbocycles. The smallest absolute Gasteiger partial charge is 0.248 e. The van der Waals surface area contributed by atoms with Gasteiger partial charge in [0.15, 0.2) is 0 Å². The second-order valence-electron chi connectivity index (χ2n) is 8.00. The standard InChI is InChI=1S/C25H34N2O6/c26-25(29)19-5-7-22(8-6-19)30-14-13-27-17-20(28)18-33-24-11-9-23(10-12-24)32-16-15-31-21-3-1-2-4-21/h5-12,20-21,27-28H,1-4,13-18H2,(H2,26,29). The summed E-state index contributed by atoms with van der Waals surface area (Å²) < 4.78 is 22.7. The van der Waals surface area contributed by atoms with Crippen LogP contribution in [-0.2, 0) is 4.74 Å². The molecule has 1 unspecified atom stereocenters. The van der Waals surface area contributed by atoms with Crippen molar-refractivity contribution in [2.45, 2.75) is 37.9 Å². The number of hydrogen-bond acceptors (Lipinski definition) is 7. The summed E-state index contributed by atoms with van der Waals surface area (Å²) in [5, 5.41) is 13.2. The SMILES string of the molecule is NC(=O)c1ccc(OCCNCC(O)COc2ccc(OCCOC3CCCC3)cc2)cc1. The third-order valence-corrected chi connectivity index (χ3v) is 5.34. The number of amides is 1. The molecule has 8 heteroatoms. The molecule has 2 aromatic carbocycles. The van der Waals surface area contributed by atoms with E-state index in [1.807, 2.05) is 24.3 Å². The van der Waals surface area contributed by atoms with Crippen molar-refractivity contribution in [3.05, 3.63) is 54.1 Å². The first kappa shape index (κ1) is 24.8. The van der Waals surface area contributed by atoms with Crippen molar-refractivity contribution in [2.24, 2.45) is 5.73 Å². The Morgan fingerprint density at radius 2 is 1.48 bits per heavy atom. The minimum atomic E-state index is -0.650. The van der Waals surface area contributed by atoms with Gasteiger partial charge in [0, 0.05) is 18.7 Å². The van der Waals surface area contributed by atoms with Crippen LogP contribution in [0.15, 0.2) is 48.5 Å². The van der Waals surface area contributed by atoms with E-state index in [0.29, 0.717) is 56.1 Å². The Labute approximate surface area is 195 Å². The van der Waals surface area contributed by atoms with E-state index in [1.54, 1.807) is 24.3 Å². The van der Waals surface area contributed by atoms with Gasteiger partial charge in [-0.3, -0.25) is 4.79 Å². The van der Waals surface area contributed by atoms with E-state index in [1.165, 1.54) is 12.8 Å². The van der Waals surface area contributed by atoms with Gasteiger partial charge in [-0.2, -0.15) is 0 Å². The summed E-state index contributed by atoms with van der Waals surface area (Å²) in [6.07, 6.45) is 4.61. The molecule has 4 N–H and O–H groups in total. The largest absolute Gasteiger partial charge is 0.492 e. The second-order valence-corrected chi connectivity index (χ2v) is 8.00. The molecule has 0 radical (unpaired) electrons. The summed E-state index contributed by atoms with van der Waals surface area (Å²) >= 11 is 0. The lowest BCUT2D eigenvalue weighted by atomic mass is 10.2. The van der Waals surface area contributed by atoms with Crippen molar-refractivity contribution in [3.8, 4) is 17.2 Å². The van der Waals surface area contributed by atoms with Crippen LogP contribution in [0.25, 0.3) is 0 Å². The van der Waals surface area contributed by atoms with Crippen LogP contribution >= 0.6 is 0 Å². The Morgan fingerprint density at radius 1 is 0.909 bits per heavy atom. The van der Waals surface area contributed by atoms with Gasteiger partial charge < -0.3 is 35.1 Å². The summed E-state index contributed by atoms with van der Waals surface area (Å²) in [7, 11) is 0. The molecule has 0 bridgehead atoms. The van der Waals surface area contributed by atoms with Crippen LogP contribution in [0, 0.1) is 0 Å². The van der Waals surface area contributed by atoms with Gasteiger partial charge in [-0.05, 0) is 61.4 Å². The van der Waals surface area contributed by atoms with Gasteiger partial charge in [0.25, 0.3) is 0 Å². The zero-order valence-electron chi connectivity index (χ0n) is 18.9. The normalized spacial score (nSPS) is 14.7. The number of nitrogens with two attached hydrogens (primary N) is 1. The van der Waals surface area contributed by atoms with Crippen molar-refractivity contribution in [3.63, 3.8) is 0 Å². The number of aliphatic hydroxyl groups is 1. The van der Waals surface area contributed by atoms with Crippen LogP contribution in [-0.4, -0.2) is 62.7 Å². The van der Waals surface area contributed by atoms with Crippen molar-refractivity contribution in [1.29, 1.82) is 0 Å². The van der Waals surface area contributed by atoms with E-state index in [9.17, 15) is 9.90 Å². The maximum atomic E-state index is 11.0. The molecule has 1 atom stereocenters. The maximum absolute atomic E-state index is 11.0. The number of aliphatic hydroxyl groups excluding tert-OH is 1. The third kappa shape index (κ3) is 9.29. The van der Waals surface area contributed by atoms with Gasteiger partial charge in [-0.1, -0.05) is 12.8 Å². The number of hydrogen-bond donors (Lipinski definition) is 3. The quantitative estimate of drug-likeness (QED) is 0.352. The fraction of sp³-hybridized carbons (Fsp3) is 0.480. The molecule has 180 valence electrons. The number of rotatable bonds is 15. The molecule has 0 aromatic heterocycles. The van der Waals surface area contributed by atoms with Crippen molar-refractivity contribution < 1.29 is 28.8 Å². The van der Waals surface area contributed by atoms with Crippen LogP contribution in [0.3, 0.4) is 0 Å². The van der Waals surface area contributed by atoms with E-state index in [-0.39, 0.29) is 6.61 Å². The van der Waals surface area contributed by atoms with E-state index in [2.05, 4.69) is 5.32 Å².